The number of nitrogens with zero attached hydrogens (tertiary/aromatic N) is 4. The molecule has 6 nitrogen and oxygen atoms in total. The van der Waals surface area contributed by atoms with Crippen molar-refractivity contribution in [1.82, 2.24) is 25.0 Å². The highest BCUT2D eigenvalue weighted by Gasteiger charge is 2.22. The molecule has 0 bridgehead atoms. The molecule has 5 rings (SSSR count). The van der Waals surface area contributed by atoms with E-state index in [-0.39, 0.29) is 11.7 Å². The molecule has 1 N–H and O–H groups in total. The number of halogens is 1. The number of likely N-dealkylation sites (tertiary alicyclic amines) is 1. The van der Waals surface area contributed by atoms with E-state index in [1.165, 1.54) is 25.0 Å². The van der Waals surface area contributed by atoms with Crippen molar-refractivity contribution in [2.75, 3.05) is 20.1 Å². The maximum Gasteiger partial charge on any atom is 0.269 e. The van der Waals surface area contributed by atoms with Crippen molar-refractivity contribution in [3.63, 3.8) is 0 Å². The molecule has 1 aliphatic rings. The minimum Gasteiger partial charge on any atom is -0.351 e. The van der Waals surface area contributed by atoms with E-state index in [2.05, 4.69) is 17.3 Å². The van der Waals surface area contributed by atoms with Crippen LogP contribution in [0.2, 0.25) is 0 Å². The molecule has 4 aromatic rings. The van der Waals surface area contributed by atoms with Gasteiger partial charge in [-0.05, 0) is 69.6 Å². The van der Waals surface area contributed by atoms with Crippen molar-refractivity contribution in [1.29, 1.82) is 0 Å². The molecular formula is C27H28FN5O. The number of fused-ring (bicyclic) bond motifs is 1. The van der Waals surface area contributed by atoms with Crippen molar-refractivity contribution in [3.8, 4) is 16.9 Å². The summed E-state index contributed by atoms with van der Waals surface area (Å²) in [5, 5.41) is 8.68. The highest BCUT2D eigenvalue weighted by Crippen LogP contribution is 2.32. The van der Waals surface area contributed by atoms with Crippen LogP contribution in [-0.2, 0) is 0 Å². The van der Waals surface area contributed by atoms with E-state index in [0.29, 0.717) is 29.6 Å². The van der Waals surface area contributed by atoms with Crippen molar-refractivity contribution in [2.24, 2.45) is 0 Å². The summed E-state index contributed by atoms with van der Waals surface area (Å²) in [6.07, 6.45) is 3.30. The first-order chi connectivity index (χ1) is 16.5. The summed E-state index contributed by atoms with van der Waals surface area (Å²) in [5.74, 6) is -0.566. The standard InChI is InChI=1S/C27H28FN5O/c1-18-16-23(27(34)29-14-13-21-12-7-15-32(21)2)30-26-24(18)25(19-8-4-3-5-9-19)31-33(26)22-11-6-10-20(28)17-22/h3-6,8-11,16-17,21H,7,12-15H2,1-2H3,(H,29,34)/t21-/m1/s1. The number of nitrogens with one attached hydrogen (secondary N) is 1. The van der Waals surface area contributed by atoms with Gasteiger partial charge in [0, 0.05) is 18.2 Å². The monoisotopic (exact) mass is 457 g/mol. The predicted molar refractivity (Wildman–Crippen MR) is 132 cm³/mol. The van der Waals surface area contributed by atoms with E-state index in [9.17, 15) is 9.18 Å². The molecule has 34 heavy (non-hydrogen) atoms. The Kier molecular flexibility index (Phi) is 6.11. The lowest BCUT2D eigenvalue weighted by atomic mass is 10.1. The molecule has 0 saturated carbocycles. The fourth-order valence-corrected chi connectivity index (χ4v) is 4.79. The quantitative estimate of drug-likeness (QED) is 0.454. The number of aryl methyl sites for hydroxylation is 1. The summed E-state index contributed by atoms with van der Waals surface area (Å²) >= 11 is 0. The molecule has 0 radical (unpaired) electrons. The number of aromatic nitrogens is 3. The lowest BCUT2D eigenvalue weighted by Gasteiger charge is -2.19. The Balaban J connectivity index is 1.52. The van der Waals surface area contributed by atoms with Crippen molar-refractivity contribution in [3.05, 3.63) is 77.7 Å². The maximum absolute atomic E-state index is 14.0. The Bertz CT molecular complexity index is 1330. The van der Waals surface area contributed by atoms with Gasteiger partial charge in [-0.1, -0.05) is 36.4 Å². The number of hydrogen-bond acceptors (Lipinski definition) is 4. The average Bonchev–Trinajstić information content (AvgIpc) is 3.43. The second-order valence-electron chi connectivity index (χ2n) is 8.95. The third-order valence-electron chi connectivity index (χ3n) is 6.60. The molecule has 1 aliphatic heterocycles. The third kappa shape index (κ3) is 4.31. The molecule has 174 valence electrons. The molecule has 0 spiro atoms. The molecule has 2 aromatic carbocycles. The number of hydrogen-bond donors (Lipinski definition) is 1. The van der Waals surface area contributed by atoms with Gasteiger partial charge in [0.1, 0.15) is 17.2 Å². The summed E-state index contributed by atoms with van der Waals surface area (Å²) in [4.78, 5) is 20.1. The van der Waals surface area contributed by atoms with Gasteiger partial charge in [-0.25, -0.2) is 14.1 Å². The molecule has 7 heteroatoms. The minimum atomic E-state index is -0.357. The summed E-state index contributed by atoms with van der Waals surface area (Å²) in [7, 11) is 2.14. The number of benzene rings is 2. The summed E-state index contributed by atoms with van der Waals surface area (Å²) in [6.45, 7) is 3.67. The Labute approximate surface area is 198 Å². The first-order valence-electron chi connectivity index (χ1n) is 11.7. The molecule has 0 unspecified atom stereocenters. The van der Waals surface area contributed by atoms with Gasteiger partial charge in [0.15, 0.2) is 5.65 Å². The van der Waals surface area contributed by atoms with Crippen molar-refractivity contribution >= 4 is 16.9 Å². The lowest BCUT2D eigenvalue weighted by molar-refractivity contribution is 0.0945. The van der Waals surface area contributed by atoms with Crippen LogP contribution in [0.5, 0.6) is 0 Å². The lowest BCUT2D eigenvalue weighted by Crippen LogP contribution is -2.32. The number of carbonyl (C=O) groups excluding carboxylic acids is 1. The molecule has 1 atom stereocenters. The van der Waals surface area contributed by atoms with Gasteiger partial charge in [-0.15, -0.1) is 0 Å². The van der Waals surface area contributed by atoms with Crippen LogP contribution in [0, 0.1) is 12.7 Å². The summed E-state index contributed by atoms with van der Waals surface area (Å²) < 4.78 is 15.7. The molecule has 0 aliphatic carbocycles. The fourth-order valence-electron chi connectivity index (χ4n) is 4.79. The van der Waals surface area contributed by atoms with Gasteiger partial charge in [-0.3, -0.25) is 4.79 Å². The van der Waals surface area contributed by atoms with Crippen LogP contribution in [-0.4, -0.2) is 51.8 Å². The summed E-state index contributed by atoms with van der Waals surface area (Å²) in [5.41, 5.74) is 4.01. The number of carbonyl (C=O) groups is 1. The smallest absolute Gasteiger partial charge is 0.269 e. The minimum absolute atomic E-state index is 0.209. The second-order valence-corrected chi connectivity index (χ2v) is 8.95. The van der Waals surface area contributed by atoms with E-state index < -0.39 is 0 Å². The zero-order valence-corrected chi connectivity index (χ0v) is 19.5. The zero-order chi connectivity index (χ0) is 23.7. The Morgan fingerprint density at radius 3 is 2.71 bits per heavy atom. The molecule has 2 aromatic heterocycles. The Morgan fingerprint density at radius 2 is 1.97 bits per heavy atom. The van der Waals surface area contributed by atoms with Gasteiger partial charge in [0.2, 0.25) is 0 Å². The fraction of sp³-hybridized carbons (Fsp3) is 0.296. The largest absolute Gasteiger partial charge is 0.351 e. The number of rotatable bonds is 6. The topological polar surface area (TPSA) is 63.1 Å². The van der Waals surface area contributed by atoms with Gasteiger partial charge >= 0.3 is 0 Å². The number of pyridine rings is 1. The average molecular weight is 458 g/mol. The molecule has 3 heterocycles. The Hall–Kier alpha value is -3.58. The van der Waals surface area contributed by atoms with Crippen LogP contribution in [0.3, 0.4) is 0 Å². The SMILES string of the molecule is Cc1cc(C(=O)NCC[C@H]2CCCN2C)nc2c1c(-c1ccccc1)nn2-c1cccc(F)c1. The zero-order valence-electron chi connectivity index (χ0n) is 19.5. The van der Waals surface area contributed by atoms with Crippen molar-refractivity contribution < 1.29 is 9.18 Å². The van der Waals surface area contributed by atoms with Crippen LogP contribution < -0.4 is 5.32 Å². The van der Waals surface area contributed by atoms with Gasteiger partial charge < -0.3 is 10.2 Å². The molecule has 1 amide bonds. The molecule has 1 fully saturated rings. The van der Waals surface area contributed by atoms with Crippen molar-refractivity contribution in [2.45, 2.75) is 32.2 Å². The van der Waals surface area contributed by atoms with Gasteiger partial charge in [-0.2, -0.15) is 5.10 Å². The molecular weight excluding hydrogens is 429 g/mol. The van der Waals surface area contributed by atoms with Crippen LogP contribution in [0.15, 0.2) is 60.7 Å². The normalized spacial score (nSPS) is 16.3. The van der Waals surface area contributed by atoms with Crippen LogP contribution in [0.25, 0.3) is 28.0 Å². The van der Waals surface area contributed by atoms with Gasteiger partial charge in [0.25, 0.3) is 5.91 Å². The molecule has 1 saturated heterocycles. The van der Waals surface area contributed by atoms with E-state index in [0.717, 1.165) is 35.2 Å². The van der Waals surface area contributed by atoms with E-state index in [1.807, 2.05) is 43.3 Å². The number of amides is 1. The summed E-state index contributed by atoms with van der Waals surface area (Å²) in [6, 6.07) is 18.4. The van der Waals surface area contributed by atoms with E-state index in [4.69, 9.17) is 10.1 Å². The Morgan fingerprint density at radius 1 is 1.15 bits per heavy atom. The van der Waals surface area contributed by atoms with E-state index in [1.54, 1.807) is 16.8 Å². The first kappa shape index (κ1) is 22.2. The second kappa shape index (κ2) is 9.35. The highest BCUT2D eigenvalue weighted by molar-refractivity contribution is 5.99. The maximum atomic E-state index is 14.0. The van der Waals surface area contributed by atoms with Crippen LogP contribution in [0.4, 0.5) is 4.39 Å². The van der Waals surface area contributed by atoms with E-state index >= 15 is 0 Å². The highest BCUT2D eigenvalue weighted by atomic mass is 19.1. The third-order valence-corrected chi connectivity index (χ3v) is 6.60. The first-order valence-corrected chi connectivity index (χ1v) is 11.7. The predicted octanol–water partition coefficient (Wildman–Crippen LogP) is 4.75. The van der Waals surface area contributed by atoms with Crippen LogP contribution >= 0.6 is 0 Å². The van der Waals surface area contributed by atoms with Crippen LogP contribution in [0.1, 0.15) is 35.3 Å². The van der Waals surface area contributed by atoms with Gasteiger partial charge in [0.05, 0.1) is 11.1 Å².